The summed E-state index contributed by atoms with van der Waals surface area (Å²) in [6.45, 7) is 2.34. The second-order valence-electron chi connectivity index (χ2n) is 6.50. The zero-order valence-corrected chi connectivity index (χ0v) is 13.8. The standard InChI is InChI=1S/C18H18N4O3/c1-9-15(17(24)21-20-9)12(8-14(19)23)13-7-11-4-2-3-10-5-6-22(16(10)11)18(13)25/h2-4,7,12H,5-6,8H2,1H3,(H2,19,23)(H2,20,21,24)/t12-/m0/s1. The number of amides is 1. The number of carbonyl (C=O) groups excluding carboxylic acids is 1. The number of benzene rings is 1. The van der Waals surface area contributed by atoms with Crippen molar-refractivity contribution in [3.63, 3.8) is 0 Å². The molecular weight excluding hydrogens is 320 g/mol. The van der Waals surface area contributed by atoms with Crippen molar-refractivity contribution in [2.75, 3.05) is 0 Å². The molecule has 0 unspecified atom stereocenters. The van der Waals surface area contributed by atoms with E-state index in [1.807, 2.05) is 18.2 Å². The van der Waals surface area contributed by atoms with Gasteiger partial charge >= 0.3 is 0 Å². The molecule has 7 nitrogen and oxygen atoms in total. The van der Waals surface area contributed by atoms with Crippen molar-refractivity contribution < 1.29 is 4.79 Å². The number of pyridine rings is 1. The second-order valence-corrected chi connectivity index (χ2v) is 6.50. The van der Waals surface area contributed by atoms with Gasteiger partial charge in [-0.2, -0.15) is 0 Å². The summed E-state index contributed by atoms with van der Waals surface area (Å²) in [4.78, 5) is 36.9. The fourth-order valence-corrected chi connectivity index (χ4v) is 3.88. The molecule has 0 fully saturated rings. The largest absolute Gasteiger partial charge is 0.370 e. The number of nitrogens with two attached hydrogens (primary N) is 1. The highest BCUT2D eigenvalue weighted by molar-refractivity contribution is 5.84. The molecule has 128 valence electrons. The van der Waals surface area contributed by atoms with E-state index < -0.39 is 11.8 Å². The van der Waals surface area contributed by atoms with Crippen molar-refractivity contribution in [2.45, 2.75) is 32.2 Å². The highest BCUT2D eigenvalue weighted by Crippen LogP contribution is 2.30. The molecule has 0 bridgehead atoms. The smallest absolute Gasteiger partial charge is 0.267 e. The molecule has 7 heteroatoms. The predicted molar refractivity (Wildman–Crippen MR) is 93.7 cm³/mol. The molecule has 0 radical (unpaired) electrons. The Balaban J connectivity index is 2.01. The van der Waals surface area contributed by atoms with Crippen LogP contribution in [0, 0.1) is 6.92 Å². The van der Waals surface area contributed by atoms with E-state index in [0.717, 1.165) is 22.9 Å². The van der Waals surface area contributed by atoms with Crippen molar-refractivity contribution in [3.05, 3.63) is 67.4 Å². The van der Waals surface area contributed by atoms with Crippen LogP contribution in [0.1, 0.15) is 34.7 Å². The van der Waals surface area contributed by atoms with Gasteiger partial charge in [0.15, 0.2) is 0 Å². The molecule has 1 atom stereocenters. The van der Waals surface area contributed by atoms with Crippen molar-refractivity contribution in [3.8, 4) is 0 Å². The van der Waals surface area contributed by atoms with E-state index in [4.69, 9.17) is 5.73 Å². The number of aryl methyl sites for hydroxylation is 3. The summed E-state index contributed by atoms with van der Waals surface area (Å²) in [7, 11) is 0. The van der Waals surface area contributed by atoms with Gasteiger partial charge in [-0.15, -0.1) is 0 Å². The normalized spacial score (nSPS) is 14.1. The maximum Gasteiger partial charge on any atom is 0.267 e. The van der Waals surface area contributed by atoms with Crippen LogP contribution in [0.4, 0.5) is 0 Å². The number of carbonyl (C=O) groups is 1. The van der Waals surface area contributed by atoms with E-state index in [2.05, 4.69) is 10.2 Å². The Labute approximate surface area is 142 Å². The van der Waals surface area contributed by atoms with Crippen LogP contribution in [0.5, 0.6) is 0 Å². The van der Waals surface area contributed by atoms with Crippen LogP contribution in [0.3, 0.4) is 0 Å². The van der Waals surface area contributed by atoms with Gasteiger partial charge in [-0.1, -0.05) is 18.2 Å². The van der Waals surface area contributed by atoms with E-state index in [-0.39, 0.29) is 17.5 Å². The van der Waals surface area contributed by atoms with E-state index >= 15 is 0 Å². The Morgan fingerprint density at radius 3 is 2.80 bits per heavy atom. The third-order valence-corrected chi connectivity index (χ3v) is 4.97. The fraction of sp³-hybridized carbons (Fsp3) is 0.278. The number of primary amides is 1. The SMILES string of the molecule is Cc1[nH][nH]c(=O)c1[C@@H](CC(N)=O)c1cc2cccc3c2n(c1=O)CC3. The number of H-pyrrole nitrogens is 2. The highest BCUT2D eigenvalue weighted by Gasteiger charge is 2.28. The van der Waals surface area contributed by atoms with Crippen LogP contribution in [0.15, 0.2) is 33.9 Å². The van der Waals surface area contributed by atoms with E-state index in [9.17, 15) is 14.4 Å². The lowest BCUT2D eigenvalue weighted by Crippen LogP contribution is -2.29. The maximum atomic E-state index is 13.1. The fourth-order valence-electron chi connectivity index (χ4n) is 3.88. The maximum absolute atomic E-state index is 13.1. The van der Waals surface area contributed by atoms with Crippen LogP contribution in [0.25, 0.3) is 10.9 Å². The average Bonchev–Trinajstić information content (AvgIpc) is 3.14. The highest BCUT2D eigenvalue weighted by atomic mass is 16.1. The van der Waals surface area contributed by atoms with Crippen molar-refractivity contribution in [1.82, 2.24) is 14.8 Å². The monoisotopic (exact) mass is 338 g/mol. The van der Waals surface area contributed by atoms with E-state index in [1.165, 1.54) is 0 Å². The van der Waals surface area contributed by atoms with Gasteiger partial charge in [-0.3, -0.25) is 19.5 Å². The number of hydrogen-bond donors (Lipinski definition) is 3. The summed E-state index contributed by atoms with van der Waals surface area (Å²) in [5.74, 6) is -1.22. The van der Waals surface area contributed by atoms with Gasteiger partial charge in [0, 0.05) is 35.7 Å². The quantitative estimate of drug-likeness (QED) is 0.656. The molecule has 1 aliphatic heterocycles. The van der Waals surface area contributed by atoms with Crippen molar-refractivity contribution in [2.24, 2.45) is 5.73 Å². The first-order valence-corrected chi connectivity index (χ1v) is 8.18. The lowest BCUT2D eigenvalue weighted by atomic mass is 9.88. The lowest BCUT2D eigenvalue weighted by Gasteiger charge is -2.16. The molecule has 4 N–H and O–H groups in total. The van der Waals surface area contributed by atoms with E-state index in [0.29, 0.717) is 23.4 Å². The Bertz CT molecular complexity index is 1120. The summed E-state index contributed by atoms with van der Waals surface area (Å²) in [5, 5.41) is 6.21. The molecule has 0 saturated carbocycles. The Morgan fingerprint density at radius 2 is 2.12 bits per heavy atom. The summed E-state index contributed by atoms with van der Waals surface area (Å²) < 4.78 is 1.74. The van der Waals surface area contributed by atoms with Crippen molar-refractivity contribution in [1.29, 1.82) is 0 Å². The van der Waals surface area contributed by atoms with Gasteiger partial charge in [0.1, 0.15) is 0 Å². The summed E-state index contributed by atoms with van der Waals surface area (Å²) in [6, 6.07) is 7.72. The molecule has 1 aromatic carbocycles. The third kappa shape index (κ3) is 2.31. The molecule has 25 heavy (non-hydrogen) atoms. The molecular formula is C18H18N4O3. The molecule has 0 aliphatic carbocycles. The van der Waals surface area contributed by atoms with Crippen LogP contribution < -0.4 is 16.9 Å². The van der Waals surface area contributed by atoms with Crippen LogP contribution in [-0.2, 0) is 17.8 Å². The lowest BCUT2D eigenvalue weighted by molar-refractivity contribution is -0.118. The molecule has 3 aromatic rings. The molecule has 2 aromatic heterocycles. The number of aromatic amines is 2. The third-order valence-electron chi connectivity index (χ3n) is 4.97. The number of rotatable bonds is 4. The predicted octanol–water partition coefficient (Wildman–Crippen LogP) is 0.890. The zero-order valence-electron chi connectivity index (χ0n) is 13.8. The minimum atomic E-state index is -0.669. The Kier molecular flexibility index (Phi) is 3.38. The zero-order chi connectivity index (χ0) is 17.7. The number of nitrogens with zero attached hydrogens (tertiary/aromatic N) is 1. The number of aromatic nitrogens is 3. The molecule has 4 rings (SSSR count). The second kappa shape index (κ2) is 5.47. The molecule has 1 aliphatic rings. The first-order chi connectivity index (χ1) is 12.0. The molecule has 3 heterocycles. The van der Waals surface area contributed by atoms with Gasteiger partial charge in [0.25, 0.3) is 11.1 Å². The molecule has 1 amide bonds. The van der Waals surface area contributed by atoms with Gasteiger partial charge in [0.05, 0.1) is 5.52 Å². The topological polar surface area (TPSA) is 114 Å². The van der Waals surface area contributed by atoms with Gasteiger partial charge in [-0.25, -0.2) is 0 Å². The Hall–Kier alpha value is -3.09. The first kappa shape index (κ1) is 15.4. The van der Waals surface area contributed by atoms with Crippen LogP contribution in [-0.4, -0.2) is 20.7 Å². The van der Waals surface area contributed by atoms with Gasteiger partial charge < -0.3 is 15.4 Å². The summed E-state index contributed by atoms with van der Waals surface area (Å²) in [6.07, 6.45) is 0.711. The van der Waals surface area contributed by atoms with Gasteiger partial charge in [-0.05, 0) is 30.4 Å². The summed E-state index contributed by atoms with van der Waals surface area (Å²) in [5.41, 5.74) is 8.41. The van der Waals surface area contributed by atoms with Gasteiger partial charge in [0.2, 0.25) is 5.91 Å². The number of nitrogens with one attached hydrogen (secondary N) is 2. The minimum absolute atomic E-state index is 0.0950. The number of hydrogen-bond acceptors (Lipinski definition) is 3. The molecule has 0 spiro atoms. The molecule has 0 saturated heterocycles. The van der Waals surface area contributed by atoms with E-state index in [1.54, 1.807) is 17.6 Å². The van der Waals surface area contributed by atoms with Crippen LogP contribution >= 0.6 is 0 Å². The van der Waals surface area contributed by atoms with Crippen molar-refractivity contribution >= 4 is 16.8 Å². The number of para-hydroxylation sites is 1. The minimum Gasteiger partial charge on any atom is -0.370 e. The Morgan fingerprint density at radius 1 is 1.32 bits per heavy atom. The van der Waals surface area contributed by atoms with Crippen LogP contribution in [0.2, 0.25) is 0 Å². The first-order valence-electron chi connectivity index (χ1n) is 8.18. The summed E-state index contributed by atoms with van der Waals surface area (Å²) >= 11 is 0. The average molecular weight is 338 g/mol.